The van der Waals surface area contributed by atoms with Gasteiger partial charge in [-0.25, -0.2) is 4.98 Å². The molecule has 0 spiro atoms. The molecule has 0 aliphatic heterocycles. The average Bonchev–Trinajstić information content (AvgIpc) is 3.17. The normalized spacial score (nSPS) is 11.9. The van der Waals surface area contributed by atoms with Gasteiger partial charge in [0.1, 0.15) is 22.9 Å². The summed E-state index contributed by atoms with van der Waals surface area (Å²) in [7, 11) is 3.16. The molecule has 4 rings (SSSR count). The standard InChI is InChI=1S/C25H25N3O4S/c1-15-22-24(33-23(15)17-8-6-5-7-9-17)26-14-28(25(22)30)13-21(29)27-16(2)19-12-18(31-3)10-11-20(19)32-4/h5-12,14,16H,13H2,1-4H3,(H,27,29). The predicted octanol–water partition coefficient (Wildman–Crippen LogP) is 4.33. The van der Waals surface area contributed by atoms with Gasteiger partial charge in [0, 0.05) is 10.4 Å². The second kappa shape index (κ2) is 9.46. The van der Waals surface area contributed by atoms with Crippen molar-refractivity contribution in [1.82, 2.24) is 14.9 Å². The smallest absolute Gasteiger partial charge is 0.262 e. The Bertz CT molecular complexity index is 1360. The highest BCUT2D eigenvalue weighted by Crippen LogP contribution is 2.35. The van der Waals surface area contributed by atoms with E-state index >= 15 is 0 Å². The fourth-order valence-corrected chi connectivity index (χ4v) is 4.98. The van der Waals surface area contributed by atoms with Crippen LogP contribution in [0.1, 0.15) is 24.1 Å². The number of benzene rings is 2. The summed E-state index contributed by atoms with van der Waals surface area (Å²) in [5, 5.41) is 3.48. The first-order valence-electron chi connectivity index (χ1n) is 10.5. The van der Waals surface area contributed by atoms with Crippen LogP contribution in [-0.2, 0) is 11.3 Å². The number of fused-ring (bicyclic) bond motifs is 1. The Morgan fingerprint density at radius 3 is 2.61 bits per heavy atom. The number of carbonyl (C=O) groups is 1. The molecule has 7 nitrogen and oxygen atoms in total. The zero-order chi connectivity index (χ0) is 23.5. The molecule has 170 valence electrons. The minimum atomic E-state index is -0.345. The lowest BCUT2D eigenvalue weighted by atomic mass is 10.1. The molecule has 1 amide bonds. The third-order valence-electron chi connectivity index (χ3n) is 5.55. The van der Waals surface area contributed by atoms with Gasteiger partial charge in [0.2, 0.25) is 5.91 Å². The average molecular weight is 464 g/mol. The van der Waals surface area contributed by atoms with Crippen LogP contribution in [0.4, 0.5) is 0 Å². The van der Waals surface area contributed by atoms with Gasteiger partial charge in [0.15, 0.2) is 0 Å². The number of rotatable bonds is 7. The number of nitrogens with one attached hydrogen (secondary N) is 1. The number of amides is 1. The lowest BCUT2D eigenvalue weighted by Crippen LogP contribution is -2.34. The number of carbonyl (C=O) groups excluding carboxylic acids is 1. The molecule has 0 fully saturated rings. The third kappa shape index (κ3) is 4.47. The van der Waals surface area contributed by atoms with Crippen molar-refractivity contribution in [1.29, 1.82) is 0 Å². The van der Waals surface area contributed by atoms with E-state index in [2.05, 4.69) is 10.3 Å². The molecule has 4 aromatic rings. The minimum Gasteiger partial charge on any atom is -0.497 e. The van der Waals surface area contributed by atoms with Crippen LogP contribution in [-0.4, -0.2) is 29.7 Å². The molecular weight excluding hydrogens is 438 g/mol. The van der Waals surface area contributed by atoms with Crippen molar-refractivity contribution >= 4 is 27.5 Å². The van der Waals surface area contributed by atoms with Crippen molar-refractivity contribution in [2.24, 2.45) is 0 Å². The Morgan fingerprint density at radius 1 is 1.15 bits per heavy atom. The predicted molar refractivity (Wildman–Crippen MR) is 130 cm³/mol. The first-order valence-corrected chi connectivity index (χ1v) is 11.3. The summed E-state index contributed by atoms with van der Waals surface area (Å²) in [4.78, 5) is 32.1. The molecule has 33 heavy (non-hydrogen) atoms. The van der Waals surface area contributed by atoms with Gasteiger partial charge in [0.05, 0.1) is 32.0 Å². The van der Waals surface area contributed by atoms with E-state index in [4.69, 9.17) is 9.47 Å². The fourth-order valence-electron chi connectivity index (χ4n) is 3.83. The van der Waals surface area contributed by atoms with Gasteiger partial charge < -0.3 is 14.8 Å². The van der Waals surface area contributed by atoms with Crippen LogP contribution in [0.5, 0.6) is 11.5 Å². The highest BCUT2D eigenvalue weighted by Gasteiger charge is 2.19. The summed E-state index contributed by atoms with van der Waals surface area (Å²) >= 11 is 1.48. The summed E-state index contributed by atoms with van der Waals surface area (Å²) < 4.78 is 12.0. The maximum Gasteiger partial charge on any atom is 0.262 e. The van der Waals surface area contributed by atoms with Crippen molar-refractivity contribution < 1.29 is 14.3 Å². The minimum absolute atomic E-state index is 0.131. The fraction of sp³-hybridized carbons (Fsp3) is 0.240. The summed E-state index contributed by atoms with van der Waals surface area (Å²) in [6, 6.07) is 15.0. The van der Waals surface area contributed by atoms with E-state index in [1.807, 2.05) is 50.2 Å². The van der Waals surface area contributed by atoms with Crippen LogP contribution in [0, 0.1) is 6.92 Å². The Morgan fingerprint density at radius 2 is 1.91 bits per heavy atom. The molecule has 0 saturated heterocycles. The van der Waals surface area contributed by atoms with Gasteiger partial charge in [-0.3, -0.25) is 14.2 Å². The van der Waals surface area contributed by atoms with Crippen LogP contribution in [0.3, 0.4) is 0 Å². The van der Waals surface area contributed by atoms with Gasteiger partial charge in [-0.2, -0.15) is 0 Å². The molecule has 0 aliphatic rings. The zero-order valence-corrected chi connectivity index (χ0v) is 19.7. The van der Waals surface area contributed by atoms with E-state index in [-0.39, 0.29) is 24.1 Å². The molecule has 0 saturated carbocycles. The second-order valence-electron chi connectivity index (χ2n) is 7.68. The number of hydrogen-bond donors (Lipinski definition) is 1. The first kappa shape index (κ1) is 22.5. The third-order valence-corrected chi connectivity index (χ3v) is 6.80. The number of aryl methyl sites for hydroxylation is 1. The van der Waals surface area contributed by atoms with Crippen molar-refractivity contribution in [3.63, 3.8) is 0 Å². The number of methoxy groups -OCH3 is 2. The summed E-state index contributed by atoms with van der Waals surface area (Å²) in [5.41, 5.74) is 2.48. The van der Waals surface area contributed by atoms with E-state index in [1.54, 1.807) is 26.4 Å². The van der Waals surface area contributed by atoms with Crippen LogP contribution < -0.4 is 20.3 Å². The topological polar surface area (TPSA) is 82.4 Å². The molecule has 2 aromatic heterocycles. The quantitative estimate of drug-likeness (QED) is 0.441. The Hall–Kier alpha value is -3.65. The van der Waals surface area contributed by atoms with Crippen LogP contribution >= 0.6 is 11.3 Å². The van der Waals surface area contributed by atoms with Gasteiger partial charge in [-0.15, -0.1) is 11.3 Å². The molecule has 1 N–H and O–H groups in total. The SMILES string of the molecule is COc1ccc(OC)c(C(C)NC(=O)Cn2cnc3sc(-c4ccccc4)c(C)c3c2=O)c1. The lowest BCUT2D eigenvalue weighted by Gasteiger charge is -2.18. The van der Waals surface area contributed by atoms with Crippen LogP contribution in [0.25, 0.3) is 20.7 Å². The largest absolute Gasteiger partial charge is 0.497 e. The van der Waals surface area contributed by atoms with Crippen molar-refractivity contribution in [3.8, 4) is 21.9 Å². The molecular formula is C25H25N3O4S. The Labute approximate surface area is 195 Å². The molecule has 2 heterocycles. The Kier molecular flexibility index (Phi) is 6.46. The summed E-state index contributed by atoms with van der Waals surface area (Å²) in [6.07, 6.45) is 1.44. The Balaban J connectivity index is 1.58. The monoisotopic (exact) mass is 463 g/mol. The van der Waals surface area contributed by atoms with Gasteiger partial charge in [0.25, 0.3) is 5.56 Å². The molecule has 0 bridgehead atoms. The zero-order valence-electron chi connectivity index (χ0n) is 18.9. The van der Waals surface area contributed by atoms with E-state index < -0.39 is 0 Å². The van der Waals surface area contributed by atoms with E-state index in [0.717, 1.165) is 21.6 Å². The first-order chi connectivity index (χ1) is 15.9. The van der Waals surface area contributed by atoms with Gasteiger partial charge >= 0.3 is 0 Å². The highest BCUT2D eigenvalue weighted by molar-refractivity contribution is 7.22. The second-order valence-corrected chi connectivity index (χ2v) is 8.68. The molecule has 0 radical (unpaired) electrons. The lowest BCUT2D eigenvalue weighted by molar-refractivity contribution is -0.122. The molecule has 2 aromatic carbocycles. The molecule has 0 aliphatic carbocycles. The number of nitrogens with zero attached hydrogens (tertiary/aromatic N) is 2. The number of aromatic nitrogens is 2. The highest BCUT2D eigenvalue weighted by atomic mass is 32.1. The van der Waals surface area contributed by atoms with Crippen LogP contribution in [0.2, 0.25) is 0 Å². The van der Waals surface area contributed by atoms with Gasteiger partial charge in [-0.05, 0) is 43.2 Å². The summed E-state index contributed by atoms with van der Waals surface area (Å²) in [6.45, 7) is 3.65. The van der Waals surface area contributed by atoms with Crippen molar-refractivity contribution in [3.05, 3.63) is 76.3 Å². The number of hydrogen-bond acceptors (Lipinski definition) is 6. The van der Waals surface area contributed by atoms with Crippen LogP contribution in [0.15, 0.2) is 59.7 Å². The van der Waals surface area contributed by atoms with Crippen molar-refractivity contribution in [2.75, 3.05) is 14.2 Å². The molecule has 1 atom stereocenters. The van der Waals surface area contributed by atoms with E-state index in [1.165, 1.54) is 22.2 Å². The van der Waals surface area contributed by atoms with E-state index in [0.29, 0.717) is 21.7 Å². The van der Waals surface area contributed by atoms with E-state index in [9.17, 15) is 9.59 Å². The molecule has 1 unspecified atom stereocenters. The van der Waals surface area contributed by atoms with Gasteiger partial charge in [-0.1, -0.05) is 30.3 Å². The maximum atomic E-state index is 13.2. The number of ether oxygens (including phenoxy) is 2. The maximum absolute atomic E-state index is 13.2. The van der Waals surface area contributed by atoms with Crippen molar-refractivity contribution in [2.45, 2.75) is 26.4 Å². The summed E-state index contributed by atoms with van der Waals surface area (Å²) in [5.74, 6) is 1.01. The number of thiophene rings is 1. The molecule has 8 heteroatoms.